The van der Waals surface area contributed by atoms with Gasteiger partial charge in [-0.25, -0.2) is 13.2 Å². The zero-order valence-corrected chi connectivity index (χ0v) is 25.5. The maximum Gasteiger partial charge on any atom is 0.326 e. The topological polar surface area (TPSA) is 166 Å². The number of carboxylic acid groups (broad SMARTS) is 1. The summed E-state index contributed by atoms with van der Waals surface area (Å²) in [5, 5.41) is 23.5. The molecule has 1 aliphatic rings. The minimum absolute atomic E-state index is 0.00124. The zero-order valence-electron chi connectivity index (χ0n) is 23.2. The molecule has 0 aliphatic carbocycles. The second-order valence-corrected chi connectivity index (χ2v) is 13.0. The average molecular weight is 661 g/mol. The number of benzene rings is 3. The van der Waals surface area contributed by atoms with Crippen LogP contribution >= 0.6 is 23.2 Å². The number of aliphatic carboxylic acids is 1. The quantitative estimate of drug-likeness (QED) is 0.196. The maximum absolute atomic E-state index is 13.3. The molecule has 230 valence electrons. The van der Waals surface area contributed by atoms with E-state index in [1.807, 2.05) is 16.9 Å². The van der Waals surface area contributed by atoms with Crippen molar-refractivity contribution < 1.29 is 37.4 Å². The molecule has 1 aromatic heterocycles. The van der Waals surface area contributed by atoms with Gasteiger partial charge in [0.15, 0.2) is 0 Å². The van der Waals surface area contributed by atoms with Gasteiger partial charge in [0.05, 0.1) is 28.1 Å². The Balaban J connectivity index is 1.32. The van der Waals surface area contributed by atoms with Gasteiger partial charge in [0.2, 0.25) is 10.0 Å². The van der Waals surface area contributed by atoms with Crippen molar-refractivity contribution >= 4 is 62.0 Å². The molecule has 2 atom stereocenters. The number of aliphatic hydroxyl groups is 1. The fourth-order valence-corrected chi connectivity index (χ4v) is 6.44. The van der Waals surface area contributed by atoms with Crippen molar-refractivity contribution in [2.45, 2.75) is 31.7 Å². The molecule has 14 heteroatoms. The van der Waals surface area contributed by atoms with Crippen molar-refractivity contribution in [3.8, 4) is 0 Å². The van der Waals surface area contributed by atoms with Crippen LogP contribution in [-0.4, -0.2) is 60.2 Å². The highest BCUT2D eigenvalue weighted by Crippen LogP contribution is 2.35. The van der Waals surface area contributed by atoms with E-state index < -0.39 is 34.2 Å². The van der Waals surface area contributed by atoms with Crippen molar-refractivity contribution in [2.24, 2.45) is 0 Å². The Kier molecular flexibility index (Phi) is 9.00. The van der Waals surface area contributed by atoms with Gasteiger partial charge in [-0.1, -0.05) is 53.5 Å². The molecule has 2 heterocycles. The number of hydrogen-bond donors (Lipinski definition) is 4. The monoisotopic (exact) mass is 659 g/mol. The van der Waals surface area contributed by atoms with Crippen LogP contribution in [0.25, 0.3) is 11.0 Å². The van der Waals surface area contributed by atoms with Gasteiger partial charge in [-0.15, -0.1) is 0 Å². The van der Waals surface area contributed by atoms with E-state index in [2.05, 4.69) is 5.32 Å². The van der Waals surface area contributed by atoms with E-state index in [1.165, 1.54) is 18.2 Å². The molecule has 0 spiro atoms. The van der Waals surface area contributed by atoms with E-state index in [1.54, 1.807) is 35.4 Å². The average Bonchev–Trinajstić information content (AvgIpc) is 3.43. The Bertz CT molecular complexity index is 1890. The number of carboxylic acids is 1. The van der Waals surface area contributed by atoms with Crippen LogP contribution in [0.3, 0.4) is 0 Å². The summed E-state index contributed by atoms with van der Waals surface area (Å²) in [6.07, 6.45) is 1.08. The van der Waals surface area contributed by atoms with Gasteiger partial charge >= 0.3 is 5.97 Å². The lowest BCUT2D eigenvalue weighted by molar-refractivity contribution is -0.139. The maximum atomic E-state index is 13.3. The van der Waals surface area contributed by atoms with Crippen molar-refractivity contribution in [1.29, 1.82) is 0 Å². The molecule has 0 saturated heterocycles. The molecule has 0 fully saturated rings. The first kappa shape index (κ1) is 31.5. The highest BCUT2D eigenvalue weighted by molar-refractivity contribution is 7.88. The number of furan rings is 1. The van der Waals surface area contributed by atoms with E-state index in [-0.39, 0.29) is 40.0 Å². The smallest absolute Gasteiger partial charge is 0.326 e. The molecular formula is C30H27Cl2N3O8S. The largest absolute Gasteiger partial charge is 0.480 e. The van der Waals surface area contributed by atoms with Crippen LogP contribution in [0.4, 0.5) is 0 Å². The summed E-state index contributed by atoms with van der Waals surface area (Å²) in [6, 6.07) is 13.2. The van der Waals surface area contributed by atoms with Gasteiger partial charge in [-0.3, -0.25) is 9.59 Å². The lowest BCUT2D eigenvalue weighted by atomic mass is 9.95. The Morgan fingerprint density at radius 3 is 2.59 bits per heavy atom. The Hall–Kier alpha value is -3.94. The number of hydrogen-bond acceptors (Lipinski definition) is 7. The predicted molar refractivity (Wildman–Crippen MR) is 163 cm³/mol. The number of nitrogens with zero attached hydrogens (tertiary/aromatic N) is 1. The van der Waals surface area contributed by atoms with Gasteiger partial charge in [-0.05, 0) is 52.9 Å². The first-order valence-electron chi connectivity index (χ1n) is 13.3. The molecule has 3 aromatic carbocycles. The lowest BCUT2D eigenvalue weighted by Crippen LogP contribution is -2.43. The van der Waals surface area contributed by atoms with Crippen LogP contribution in [0.1, 0.15) is 49.2 Å². The van der Waals surface area contributed by atoms with Gasteiger partial charge in [0.25, 0.3) is 11.8 Å². The molecule has 1 aliphatic heterocycles. The number of rotatable bonds is 9. The van der Waals surface area contributed by atoms with E-state index in [9.17, 15) is 33.0 Å². The minimum Gasteiger partial charge on any atom is -0.480 e. The predicted octanol–water partition coefficient (Wildman–Crippen LogP) is 3.90. The third-order valence-corrected chi connectivity index (χ3v) is 8.62. The van der Waals surface area contributed by atoms with Crippen LogP contribution in [0.2, 0.25) is 10.0 Å². The molecule has 0 saturated carbocycles. The molecule has 0 radical (unpaired) electrons. The Labute approximate surface area is 262 Å². The van der Waals surface area contributed by atoms with Crippen LogP contribution in [-0.2, 0) is 34.2 Å². The van der Waals surface area contributed by atoms with Gasteiger partial charge in [0.1, 0.15) is 17.9 Å². The van der Waals surface area contributed by atoms with Crippen LogP contribution < -0.4 is 10.0 Å². The van der Waals surface area contributed by atoms with Gasteiger partial charge in [0, 0.05) is 30.5 Å². The highest BCUT2D eigenvalue weighted by Gasteiger charge is 2.30. The van der Waals surface area contributed by atoms with Crippen molar-refractivity contribution in [3.05, 3.63) is 104 Å². The summed E-state index contributed by atoms with van der Waals surface area (Å²) in [7, 11) is -3.71. The number of fused-ring (bicyclic) bond motifs is 2. The standard InChI is InChI=1S/C30H27Cl2N3O8S/c1-44(41,42)34-27(36)18-4-2-3-16(11-18)12-23(30(39)40)33-28(37)25-22(31)13-20-15-35(9-7-21(20)26(25)32)29(38)19-6-5-17-8-10-43-24(17)14-19/h2-6,8,10-11,13-14,23,27,34,36H,7,9,12,15H2,1H3,(H,33,37)(H,39,40)/t23-,27?/m0/s1. The number of carbonyl (C=O) groups excluding carboxylic acids is 2. The number of carbonyl (C=O) groups is 3. The number of sulfonamides is 1. The summed E-state index contributed by atoms with van der Waals surface area (Å²) in [5.74, 6) is -2.32. The first-order chi connectivity index (χ1) is 20.8. The van der Waals surface area contributed by atoms with Gasteiger partial charge < -0.3 is 24.8 Å². The van der Waals surface area contributed by atoms with Gasteiger partial charge in [-0.2, -0.15) is 4.72 Å². The molecule has 11 nitrogen and oxygen atoms in total. The fourth-order valence-electron chi connectivity index (χ4n) is 5.13. The third kappa shape index (κ3) is 6.90. The SMILES string of the molecule is CS(=O)(=O)NC(O)c1cccc(C[C@H](NC(=O)c2c(Cl)cc3c(c2Cl)CCN(C(=O)c2ccc4ccoc4c2)C3)C(=O)O)c1. The molecule has 1 unspecified atom stereocenters. The van der Waals surface area contributed by atoms with E-state index in [0.717, 1.165) is 11.6 Å². The minimum atomic E-state index is -3.71. The number of nitrogens with one attached hydrogen (secondary N) is 2. The van der Waals surface area contributed by atoms with Crippen LogP contribution in [0, 0.1) is 0 Å². The molecule has 44 heavy (non-hydrogen) atoms. The zero-order chi connectivity index (χ0) is 31.8. The van der Waals surface area contributed by atoms with Crippen molar-refractivity contribution in [3.63, 3.8) is 0 Å². The lowest BCUT2D eigenvalue weighted by Gasteiger charge is -2.30. The van der Waals surface area contributed by atoms with Crippen LogP contribution in [0.15, 0.2) is 65.3 Å². The molecular weight excluding hydrogens is 633 g/mol. The first-order valence-corrected chi connectivity index (χ1v) is 16.0. The third-order valence-electron chi connectivity index (χ3n) is 7.26. The number of amides is 2. The molecule has 5 rings (SSSR count). The second-order valence-electron chi connectivity index (χ2n) is 10.4. The van der Waals surface area contributed by atoms with Crippen LogP contribution in [0.5, 0.6) is 0 Å². The molecule has 4 N–H and O–H groups in total. The van der Waals surface area contributed by atoms with Crippen molar-refractivity contribution in [1.82, 2.24) is 14.9 Å². The normalized spacial score (nSPS) is 14.6. The summed E-state index contributed by atoms with van der Waals surface area (Å²) in [5.41, 5.74) is 2.91. The fraction of sp³-hybridized carbons (Fsp3) is 0.233. The summed E-state index contributed by atoms with van der Waals surface area (Å²) in [6.45, 7) is 0.540. The Morgan fingerprint density at radius 1 is 1.09 bits per heavy atom. The second kappa shape index (κ2) is 12.6. The summed E-state index contributed by atoms with van der Waals surface area (Å²) < 4.78 is 30.4. The summed E-state index contributed by atoms with van der Waals surface area (Å²) in [4.78, 5) is 40.3. The van der Waals surface area contributed by atoms with E-state index in [4.69, 9.17) is 27.6 Å². The van der Waals surface area contributed by atoms with E-state index in [0.29, 0.717) is 40.8 Å². The Morgan fingerprint density at radius 2 is 1.86 bits per heavy atom. The number of halogens is 2. The molecule has 4 aromatic rings. The summed E-state index contributed by atoms with van der Waals surface area (Å²) >= 11 is 13.2. The van der Waals surface area contributed by atoms with Crippen molar-refractivity contribution in [2.75, 3.05) is 12.8 Å². The molecule has 0 bridgehead atoms. The van der Waals surface area contributed by atoms with E-state index >= 15 is 0 Å². The highest BCUT2D eigenvalue weighted by atomic mass is 35.5. The number of aliphatic hydroxyl groups excluding tert-OH is 1. The molecule has 2 amide bonds.